The maximum absolute atomic E-state index is 12.6. The lowest BCUT2D eigenvalue weighted by Crippen LogP contribution is -2.27. The lowest BCUT2D eigenvalue weighted by molar-refractivity contribution is -0.137. The molecule has 0 saturated carbocycles. The van der Waals surface area contributed by atoms with Gasteiger partial charge in [-0.1, -0.05) is 48.5 Å². The zero-order chi connectivity index (χ0) is 18.4. The highest BCUT2D eigenvalue weighted by Crippen LogP contribution is 2.31. The van der Waals surface area contributed by atoms with E-state index in [0.29, 0.717) is 12.0 Å². The summed E-state index contributed by atoms with van der Waals surface area (Å²) in [5.74, 6) is -1.11. The Morgan fingerprint density at radius 1 is 1.08 bits per heavy atom. The van der Waals surface area contributed by atoms with Crippen molar-refractivity contribution in [1.82, 2.24) is 0 Å². The van der Waals surface area contributed by atoms with Gasteiger partial charge in [0, 0.05) is 12.3 Å². The van der Waals surface area contributed by atoms with E-state index < -0.39 is 23.8 Å². The van der Waals surface area contributed by atoms with Gasteiger partial charge in [0.05, 0.1) is 5.56 Å². The maximum atomic E-state index is 12.6. The molecule has 0 aliphatic heterocycles. The molecule has 2 atom stereocenters. The van der Waals surface area contributed by atoms with Gasteiger partial charge in [-0.2, -0.15) is 13.2 Å². The lowest BCUT2D eigenvalue weighted by Gasteiger charge is -2.19. The van der Waals surface area contributed by atoms with Gasteiger partial charge < -0.3 is 5.11 Å². The summed E-state index contributed by atoms with van der Waals surface area (Å²) in [5.41, 5.74) is 0.625. The second-order valence-corrected chi connectivity index (χ2v) is 5.78. The zero-order valence-corrected chi connectivity index (χ0v) is 13.5. The van der Waals surface area contributed by atoms with Crippen molar-refractivity contribution in [3.05, 3.63) is 83.9 Å². The molecular weight excluding hydrogens is 329 g/mol. The average molecular weight is 348 g/mol. The molecule has 0 amide bonds. The summed E-state index contributed by atoms with van der Waals surface area (Å²) in [6.45, 7) is 3.60. The lowest BCUT2D eigenvalue weighted by atomic mass is 9.89. The summed E-state index contributed by atoms with van der Waals surface area (Å²) < 4.78 is 37.9. The van der Waals surface area contributed by atoms with Crippen LogP contribution in [0.3, 0.4) is 0 Å². The van der Waals surface area contributed by atoms with Gasteiger partial charge in [0.25, 0.3) is 0 Å². The highest BCUT2D eigenvalue weighted by atomic mass is 19.4. The molecular formula is C20H19F3O2. The predicted octanol–water partition coefficient (Wildman–Crippen LogP) is 4.54. The molecule has 1 N–H and O–H groups in total. The Labute approximate surface area is 144 Å². The number of alkyl halides is 3. The van der Waals surface area contributed by atoms with E-state index in [1.165, 1.54) is 18.2 Å². The Hall–Kier alpha value is -2.40. The molecule has 0 radical (unpaired) electrons. The van der Waals surface area contributed by atoms with Crippen molar-refractivity contribution in [3.63, 3.8) is 0 Å². The van der Waals surface area contributed by atoms with Crippen LogP contribution in [0.1, 0.15) is 29.0 Å². The van der Waals surface area contributed by atoms with Crippen LogP contribution >= 0.6 is 0 Å². The maximum Gasteiger partial charge on any atom is 0.416 e. The van der Waals surface area contributed by atoms with Crippen molar-refractivity contribution in [2.75, 3.05) is 0 Å². The molecule has 0 spiro atoms. The van der Waals surface area contributed by atoms with Crippen LogP contribution in [-0.4, -0.2) is 17.0 Å². The molecule has 2 nitrogen and oxygen atoms in total. The van der Waals surface area contributed by atoms with Crippen LogP contribution < -0.4 is 0 Å². The average Bonchev–Trinajstić information content (AvgIpc) is 2.60. The van der Waals surface area contributed by atoms with Gasteiger partial charge in [0.1, 0.15) is 6.10 Å². The number of carbonyl (C=O) groups is 1. The third-order valence-electron chi connectivity index (χ3n) is 4.05. The molecule has 132 valence electrons. The van der Waals surface area contributed by atoms with Gasteiger partial charge in [0.15, 0.2) is 5.78 Å². The Bertz CT molecular complexity index is 706. The fraction of sp³-hybridized carbons (Fsp3) is 0.250. The Kier molecular flexibility index (Phi) is 6.15. The van der Waals surface area contributed by atoms with E-state index in [0.717, 1.165) is 17.7 Å². The summed E-state index contributed by atoms with van der Waals surface area (Å²) in [6.07, 6.45) is -3.73. The monoisotopic (exact) mass is 348 g/mol. The van der Waals surface area contributed by atoms with Crippen LogP contribution in [0, 0.1) is 0 Å². The molecule has 0 fully saturated rings. The van der Waals surface area contributed by atoms with Gasteiger partial charge >= 0.3 is 6.18 Å². The van der Waals surface area contributed by atoms with Gasteiger partial charge in [-0.15, -0.1) is 6.58 Å². The van der Waals surface area contributed by atoms with E-state index in [2.05, 4.69) is 6.58 Å². The van der Waals surface area contributed by atoms with Crippen molar-refractivity contribution in [2.45, 2.75) is 31.0 Å². The smallest absolute Gasteiger partial charge is 0.384 e. The van der Waals surface area contributed by atoms with Crippen molar-refractivity contribution in [1.29, 1.82) is 0 Å². The summed E-state index contributed by atoms with van der Waals surface area (Å²) in [4.78, 5) is 12.2. The number of hydrogen-bond donors (Lipinski definition) is 1. The number of aryl methyl sites for hydroxylation is 1. The van der Waals surface area contributed by atoms with E-state index in [-0.39, 0.29) is 12.2 Å². The number of hydrogen-bond acceptors (Lipinski definition) is 2. The van der Waals surface area contributed by atoms with Crippen molar-refractivity contribution in [2.24, 2.45) is 0 Å². The molecule has 2 aromatic rings. The first kappa shape index (κ1) is 18.9. The van der Waals surface area contributed by atoms with Crippen molar-refractivity contribution in [3.8, 4) is 0 Å². The number of rotatable bonds is 7. The quantitative estimate of drug-likeness (QED) is 0.746. The highest BCUT2D eigenvalue weighted by Gasteiger charge is 2.31. The fourth-order valence-electron chi connectivity index (χ4n) is 2.60. The van der Waals surface area contributed by atoms with Gasteiger partial charge in [0.2, 0.25) is 0 Å². The summed E-state index contributed by atoms with van der Waals surface area (Å²) in [5, 5.41) is 10.3. The second kappa shape index (κ2) is 8.12. The first-order valence-corrected chi connectivity index (χ1v) is 7.87. The summed E-state index contributed by atoms with van der Waals surface area (Å²) in [7, 11) is 0. The van der Waals surface area contributed by atoms with E-state index in [1.54, 1.807) is 0 Å². The molecule has 0 aliphatic carbocycles. The number of aliphatic hydroxyl groups excluding tert-OH is 1. The molecule has 0 saturated heterocycles. The Morgan fingerprint density at radius 2 is 1.68 bits per heavy atom. The van der Waals surface area contributed by atoms with Crippen LogP contribution in [0.15, 0.2) is 67.3 Å². The summed E-state index contributed by atoms with van der Waals surface area (Å²) in [6, 6.07) is 13.8. The van der Waals surface area contributed by atoms with Crippen LogP contribution in [0.2, 0.25) is 0 Å². The van der Waals surface area contributed by atoms with Crippen LogP contribution in [0.5, 0.6) is 0 Å². The Balaban J connectivity index is 2.05. The SMILES string of the molecule is C=C[C@@H](c1ccc(C(F)(F)F)cc1)[C@@H](O)C(=O)CCc1ccccc1. The van der Waals surface area contributed by atoms with E-state index in [4.69, 9.17) is 0 Å². The van der Waals surface area contributed by atoms with Gasteiger partial charge in [-0.05, 0) is 29.7 Å². The molecule has 0 aliphatic rings. The van der Waals surface area contributed by atoms with E-state index in [9.17, 15) is 23.1 Å². The third kappa shape index (κ3) is 5.03. The minimum atomic E-state index is -4.42. The molecule has 25 heavy (non-hydrogen) atoms. The minimum absolute atomic E-state index is 0.149. The number of ketones is 1. The molecule has 0 bridgehead atoms. The van der Waals surface area contributed by atoms with Crippen molar-refractivity contribution < 1.29 is 23.1 Å². The van der Waals surface area contributed by atoms with Gasteiger partial charge in [-0.25, -0.2) is 0 Å². The first-order chi connectivity index (χ1) is 11.8. The largest absolute Gasteiger partial charge is 0.416 e. The van der Waals surface area contributed by atoms with Crippen LogP contribution in [-0.2, 0) is 17.4 Å². The van der Waals surface area contributed by atoms with Crippen LogP contribution in [0.4, 0.5) is 13.2 Å². The molecule has 0 heterocycles. The second-order valence-electron chi connectivity index (χ2n) is 5.78. The van der Waals surface area contributed by atoms with E-state index in [1.807, 2.05) is 30.3 Å². The van der Waals surface area contributed by atoms with Gasteiger partial charge in [-0.3, -0.25) is 4.79 Å². The van der Waals surface area contributed by atoms with E-state index >= 15 is 0 Å². The molecule has 5 heteroatoms. The number of Topliss-reactive ketones (excluding diaryl/α,β-unsaturated/α-hetero) is 1. The summed E-state index contributed by atoms with van der Waals surface area (Å²) >= 11 is 0. The first-order valence-electron chi connectivity index (χ1n) is 7.87. The number of carbonyl (C=O) groups excluding carboxylic acids is 1. The normalized spacial score (nSPS) is 13.9. The molecule has 2 aromatic carbocycles. The Morgan fingerprint density at radius 3 is 2.20 bits per heavy atom. The minimum Gasteiger partial charge on any atom is -0.384 e. The zero-order valence-electron chi connectivity index (χ0n) is 13.5. The third-order valence-corrected chi connectivity index (χ3v) is 4.05. The van der Waals surface area contributed by atoms with Crippen molar-refractivity contribution >= 4 is 5.78 Å². The topological polar surface area (TPSA) is 37.3 Å². The number of benzene rings is 2. The predicted molar refractivity (Wildman–Crippen MR) is 90.2 cm³/mol. The molecule has 2 rings (SSSR count). The highest BCUT2D eigenvalue weighted by molar-refractivity contribution is 5.84. The van der Waals surface area contributed by atoms with Crippen LogP contribution in [0.25, 0.3) is 0 Å². The molecule has 0 unspecified atom stereocenters. The standard InChI is InChI=1S/C20H19F3O2/c1-2-17(15-9-11-16(12-10-15)20(21,22)23)19(25)18(24)13-8-14-6-4-3-5-7-14/h2-7,9-12,17,19,25H,1,8,13H2/t17-,19+/m0/s1. The number of halogens is 3. The number of aliphatic hydroxyl groups is 1. The molecule has 0 aromatic heterocycles. The fourth-order valence-corrected chi connectivity index (χ4v) is 2.60.